The summed E-state index contributed by atoms with van der Waals surface area (Å²) < 4.78 is 1.66. The highest BCUT2D eigenvalue weighted by Crippen LogP contribution is 2.00. The Morgan fingerprint density at radius 2 is 2.31 bits per heavy atom. The minimum atomic E-state index is -0.370. The van der Waals surface area contributed by atoms with Crippen molar-refractivity contribution >= 4 is 23.6 Å². The maximum absolute atomic E-state index is 11.6. The van der Waals surface area contributed by atoms with E-state index in [9.17, 15) is 9.59 Å². The van der Waals surface area contributed by atoms with Gasteiger partial charge in [0.1, 0.15) is 5.69 Å². The zero-order valence-electron chi connectivity index (χ0n) is 9.10. The third-order valence-corrected chi connectivity index (χ3v) is 2.92. The molecule has 0 radical (unpaired) electrons. The van der Waals surface area contributed by atoms with Gasteiger partial charge in [-0.2, -0.15) is 11.8 Å². The van der Waals surface area contributed by atoms with E-state index in [2.05, 4.69) is 5.32 Å². The normalized spacial score (nSPS) is 10.1. The number of carbonyl (C=O) groups is 2. The molecule has 0 fully saturated rings. The molecule has 0 aliphatic heterocycles. The van der Waals surface area contributed by atoms with E-state index in [0.717, 1.165) is 0 Å². The van der Waals surface area contributed by atoms with Crippen LogP contribution in [0.4, 0.5) is 0 Å². The van der Waals surface area contributed by atoms with Gasteiger partial charge in [0, 0.05) is 25.5 Å². The maximum Gasteiger partial charge on any atom is 0.274 e. The van der Waals surface area contributed by atoms with Crippen LogP contribution in [0.25, 0.3) is 0 Å². The number of amides is 2. The van der Waals surface area contributed by atoms with Gasteiger partial charge in [-0.3, -0.25) is 14.9 Å². The highest BCUT2D eigenvalue weighted by molar-refractivity contribution is 7.99. The first kappa shape index (κ1) is 12.8. The smallest absolute Gasteiger partial charge is 0.274 e. The van der Waals surface area contributed by atoms with Crippen molar-refractivity contribution < 1.29 is 9.59 Å². The zero-order chi connectivity index (χ0) is 12.0. The highest BCUT2D eigenvalue weighted by atomic mass is 32.2. The van der Waals surface area contributed by atoms with E-state index in [1.807, 2.05) is 0 Å². The minimum absolute atomic E-state index is 0.257. The Balaban J connectivity index is 2.40. The quantitative estimate of drug-likeness (QED) is 0.710. The molecule has 1 heterocycles. The highest BCUT2D eigenvalue weighted by Gasteiger charge is 2.12. The lowest BCUT2D eigenvalue weighted by Gasteiger charge is -2.04. The van der Waals surface area contributed by atoms with Gasteiger partial charge < -0.3 is 10.3 Å². The number of rotatable bonds is 5. The Hall–Kier alpha value is -1.27. The van der Waals surface area contributed by atoms with Gasteiger partial charge in [-0.25, -0.2) is 0 Å². The van der Waals surface area contributed by atoms with Crippen LogP contribution in [-0.4, -0.2) is 34.4 Å². The molecule has 6 heteroatoms. The second-order valence-corrected chi connectivity index (χ2v) is 4.33. The van der Waals surface area contributed by atoms with Crippen LogP contribution in [0.5, 0.6) is 0 Å². The third-order valence-electron chi connectivity index (χ3n) is 1.92. The predicted octanol–water partition coefficient (Wildman–Crippen LogP) is -0.0266. The van der Waals surface area contributed by atoms with Crippen molar-refractivity contribution in [3.8, 4) is 0 Å². The SMILES string of the molecule is Cn1cccc1C(=O)NC(=O)CSCCN. The fraction of sp³-hybridized carbons (Fsp3) is 0.400. The first-order valence-corrected chi connectivity index (χ1v) is 6.04. The molecule has 0 aliphatic rings. The zero-order valence-corrected chi connectivity index (χ0v) is 9.92. The Labute approximate surface area is 98.4 Å². The second-order valence-electron chi connectivity index (χ2n) is 3.22. The second kappa shape index (κ2) is 6.34. The van der Waals surface area contributed by atoms with Crippen LogP contribution in [0.3, 0.4) is 0 Å². The summed E-state index contributed by atoms with van der Waals surface area (Å²) in [5.41, 5.74) is 5.76. The van der Waals surface area contributed by atoms with E-state index in [4.69, 9.17) is 5.73 Å². The molecule has 0 spiro atoms. The Morgan fingerprint density at radius 3 is 2.88 bits per heavy atom. The summed E-state index contributed by atoms with van der Waals surface area (Å²) >= 11 is 1.41. The minimum Gasteiger partial charge on any atom is -0.347 e. The summed E-state index contributed by atoms with van der Waals surface area (Å²) in [6.07, 6.45) is 1.75. The number of nitrogens with two attached hydrogens (primary N) is 1. The van der Waals surface area contributed by atoms with Gasteiger partial charge in [-0.15, -0.1) is 0 Å². The molecular weight excluding hydrogens is 226 g/mol. The molecule has 2 amide bonds. The average Bonchev–Trinajstić information content (AvgIpc) is 2.65. The monoisotopic (exact) mass is 241 g/mol. The topological polar surface area (TPSA) is 77.1 Å². The van der Waals surface area contributed by atoms with Crippen LogP contribution in [0, 0.1) is 0 Å². The number of imide groups is 1. The van der Waals surface area contributed by atoms with Gasteiger partial charge in [0.25, 0.3) is 5.91 Å². The molecule has 16 heavy (non-hydrogen) atoms. The molecule has 1 rings (SSSR count). The molecule has 0 saturated carbocycles. The molecule has 0 saturated heterocycles. The van der Waals surface area contributed by atoms with Crippen LogP contribution < -0.4 is 11.1 Å². The van der Waals surface area contributed by atoms with E-state index in [0.29, 0.717) is 18.0 Å². The van der Waals surface area contributed by atoms with Gasteiger partial charge in [0.2, 0.25) is 5.91 Å². The molecular formula is C10H15N3O2S. The largest absolute Gasteiger partial charge is 0.347 e. The molecule has 1 aromatic rings. The van der Waals surface area contributed by atoms with Gasteiger partial charge in [0.15, 0.2) is 0 Å². The van der Waals surface area contributed by atoms with Crippen molar-refractivity contribution in [2.24, 2.45) is 12.8 Å². The molecule has 3 N–H and O–H groups in total. The van der Waals surface area contributed by atoms with Crippen molar-refractivity contribution in [1.82, 2.24) is 9.88 Å². The number of aryl methyl sites for hydroxylation is 1. The van der Waals surface area contributed by atoms with E-state index < -0.39 is 0 Å². The van der Waals surface area contributed by atoms with Crippen LogP contribution in [-0.2, 0) is 11.8 Å². The number of hydrogen-bond donors (Lipinski definition) is 2. The molecule has 0 aliphatic carbocycles. The lowest BCUT2D eigenvalue weighted by atomic mass is 10.4. The number of carbonyl (C=O) groups excluding carboxylic acids is 2. The summed E-state index contributed by atoms with van der Waals surface area (Å²) in [4.78, 5) is 22.9. The Morgan fingerprint density at radius 1 is 1.56 bits per heavy atom. The number of hydrogen-bond acceptors (Lipinski definition) is 4. The number of nitrogens with one attached hydrogen (secondary N) is 1. The van der Waals surface area contributed by atoms with Crippen molar-refractivity contribution in [3.63, 3.8) is 0 Å². The Bertz CT molecular complexity index is 376. The molecule has 0 bridgehead atoms. The van der Waals surface area contributed by atoms with Gasteiger partial charge in [0.05, 0.1) is 5.75 Å². The van der Waals surface area contributed by atoms with E-state index in [1.54, 1.807) is 29.9 Å². The first-order valence-electron chi connectivity index (χ1n) is 4.88. The lowest BCUT2D eigenvalue weighted by molar-refractivity contribution is -0.117. The van der Waals surface area contributed by atoms with Gasteiger partial charge >= 0.3 is 0 Å². The van der Waals surface area contributed by atoms with Crippen molar-refractivity contribution in [2.45, 2.75) is 0 Å². The molecule has 0 atom stereocenters. The fourth-order valence-corrected chi connectivity index (χ4v) is 1.74. The number of thioether (sulfide) groups is 1. The van der Waals surface area contributed by atoms with Crippen LogP contribution in [0.1, 0.15) is 10.5 Å². The van der Waals surface area contributed by atoms with Crippen LogP contribution in [0.2, 0.25) is 0 Å². The maximum atomic E-state index is 11.6. The summed E-state index contributed by atoms with van der Waals surface area (Å²) in [5.74, 6) is 0.314. The molecule has 5 nitrogen and oxygen atoms in total. The van der Waals surface area contributed by atoms with Crippen LogP contribution >= 0.6 is 11.8 Å². The fourth-order valence-electron chi connectivity index (χ4n) is 1.17. The number of aromatic nitrogens is 1. The summed E-state index contributed by atoms with van der Waals surface area (Å²) in [7, 11) is 1.75. The number of nitrogens with zero attached hydrogens (tertiary/aromatic N) is 1. The van der Waals surface area contributed by atoms with Crippen molar-refractivity contribution in [1.29, 1.82) is 0 Å². The summed E-state index contributed by atoms with van der Waals surface area (Å²) in [6, 6.07) is 3.41. The van der Waals surface area contributed by atoms with E-state index in [-0.39, 0.29) is 17.6 Å². The summed E-state index contributed by atoms with van der Waals surface area (Å²) in [5, 5.41) is 2.32. The molecule has 1 aromatic heterocycles. The van der Waals surface area contributed by atoms with Crippen LogP contribution in [0.15, 0.2) is 18.3 Å². The van der Waals surface area contributed by atoms with Gasteiger partial charge in [-0.05, 0) is 12.1 Å². The van der Waals surface area contributed by atoms with E-state index in [1.165, 1.54) is 11.8 Å². The molecule has 88 valence electrons. The predicted molar refractivity (Wildman–Crippen MR) is 64.3 cm³/mol. The molecule has 0 aromatic carbocycles. The Kier molecular flexibility index (Phi) is 5.07. The van der Waals surface area contributed by atoms with Crippen molar-refractivity contribution in [2.75, 3.05) is 18.1 Å². The van der Waals surface area contributed by atoms with E-state index >= 15 is 0 Å². The lowest BCUT2D eigenvalue weighted by Crippen LogP contribution is -2.33. The van der Waals surface area contributed by atoms with Crippen molar-refractivity contribution in [3.05, 3.63) is 24.0 Å². The third kappa shape index (κ3) is 3.71. The molecule has 0 unspecified atom stereocenters. The standard InChI is InChI=1S/C10H15N3O2S/c1-13-5-2-3-8(13)10(15)12-9(14)7-16-6-4-11/h2-3,5H,4,6-7,11H2,1H3,(H,12,14,15). The summed E-state index contributed by atoms with van der Waals surface area (Å²) in [6.45, 7) is 0.531. The average molecular weight is 241 g/mol. The van der Waals surface area contributed by atoms with Gasteiger partial charge in [-0.1, -0.05) is 0 Å². The first-order chi connectivity index (χ1) is 7.65.